The monoisotopic (exact) mass is 317 g/mol. The van der Waals surface area contributed by atoms with Gasteiger partial charge in [0.05, 0.1) is 12.5 Å². The second-order valence-electron chi connectivity index (χ2n) is 5.67. The van der Waals surface area contributed by atoms with Crippen molar-refractivity contribution in [1.82, 2.24) is 15.1 Å². The molecule has 0 saturated carbocycles. The molecule has 1 fully saturated rings. The number of aryl methyl sites for hydroxylation is 1. The van der Waals surface area contributed by atoms with Gasteiger partial charge < -0.3 is 10.2 Å². The Morgan fingerprint density at radius 3 is 2.57 bits per heavy atom. The summed E-state index contributed by atoms with van der Waals surface area (Å²) in [6.07, 6.45) is 0.167. The van der Waals surface area contributed by atoms with Crippen LogP contribution in [0.25, 0.3) is 0 Å². The number of carbonyl (C=O) groups is 3. The number of urea groups is 1. The molecule has 0 bridgehead atoms. The molecule has 2 rings (SSSR count). The van der Waals surface area contributed by atoms with Crippen LogP contribution in [0.5, 0.6) is 0 Å². The number of imide groups is 1. The van der Waals surface area contributed by atoms with E-state index in [9.17, 15) is 14.4 Å². The molecule has 6 heteroatoms. The third-order valence-electron chi connectivity index (χ3n) is 4.08. The normalized spacial score (nSPS) is 17.9. The molecule has 23 heavy (non-hydrogen) atoms. The first-order valence-corrected chi connectivity index (χ1v) is 7.91. The van der Waals surface area contributed by atoms with E-state index < -0.39 is 6.03 Å². The zero-order valence-electron chi connectivity index (χ0n) is 13.8. The Kier molecular flexibility index (Phi) is 5.36. The van der Waals surface area contributed by atoms with Crippen LogP contribution in [-0.4, -0.2) is 47.3 Å². The molecule has 1 heterocycles. The van der Waals surface area contributed by atoms with E-state index in [1.165, 1.54) is 0 Å². The maximum absolute atomic E-state index is 12.3. The van der Waals surface area contributed by atoms with Crippen LogP contribution in [0.15, 0.2) is 24.3 Å². The summed E-state index contributed by atoms with van der Waals surface area (Å²) in [6.45, 7) is 6.62. The van der Waals surface area contributed by atoms with E-state index in [0.29, 0.717) is 13.1 Å². The molecule has 0 radical (unpaired) electrons. The fraction of sp³-hybridized carbons (Fsp3) is 0.471. The largest absolute Gasteiger partial charge is 0.342 e. The highest BCUT2D eigenvalue weighted by molar-refractivity contribution is 6.00. The van der Waals surface area contributed by atoms with Crippen LogP contribution in [0.1, 0.15) is 37.4 Å². The van der Waals surface area contributed by atoms with Crippen molar-refractivity contribution in [2.75, 3.05) is 19.6 Å². The summed E-state index contributed by atoms with van der Waals surface area (Å²) in [4.78, 5) is 39.3. The Balaban J connectivity index is 2.07. The van der Waals surface area contributed by atoms with Gasteiger partial charge in [0.2, 0.25) is 11.8 Å². The predicted octanol–water partition coefficient (Wildman–Crippen LogP) is 1.85. The van der Waals surface area contributed by atoms with Crippen molar-refractivity contribution in [2.45, 2.75) is 33.2 Å². The topological polar surface area (TPSA) is 69.7 Å². The quantitative estimate of drug-likeness (QED) is 0.901. The highest BCUT2D eigenvalue weighted by atomic mass is 16.2. The predicted molar refractivity (Wildman–Crippen MR) is 86.7 cm³/mol. The second-order valence-corrected chi connectivity index (χ2v) is 5.67. The van der Waals surface area contributed by atoms with E-state index in [4.69, 9.17) is 0 Å². The molecule has 1 aliphatic rings. The number of hydrogen-bond donors (Lipinski definition) is 1. The molecule has 1 aliphatic heterocycles. The SMILES string of the molecule is CCN(CC)C(=O)CN1C(=O)CC(c2cccc(C)c2)NC1=O. The molecule has 0 aliphatic carbocycles. The lowest BCUT2D eigenvalue weighted by molar-refractivity contribution is -0.139. The van der Waals surface area contributed by atoms with Crippen molar-refractivity contribution in [2.24, 2.45) is 0 Å². The molecule has 4 amide bonds. The number of nitrogens with zero attached hydrogens (tertiary/aromatic N) is 2. The maximum atomic E-state index is 12.3. The highest BCUT2D eigenvalue weighted by Gasteiger charge is 2.34. The van der Waals surface area contributed by atoms with Gasteiger partial charge in [-0.2, -0.15) is 0 Å². The smallest absolute Gasteiger partial charge is 0.325 e. The van der Waals surface area contributed by atoms with Crippen molar-refractivity contribution in [3.8, 4) is 0 Å². The van der Waals surface area contributed by atoms with Crippen molar-refractivity contribution < 1.29 is 14.4 Å². The van der Waals surface area contributed by atoms with E-state index in [1.54, 1.807) is 4.90 Å². The first kappa shape index (κ1) is 17.0. The minimum atomic E-state index is -0.506. The van der Waals surface area contributed by atoms with E-state index in [1.807, 2.05) is 45.0 Å². The highest BCUT2D eigenvalue weighted by Crippen LogP contribution is 2.23. The summed E-state index contributed by atoms with van der Waals surface area (Å²) < 4.78 is 0. The van der Waals surface area contributed by atoms with E-state index >= 15 is 0 Å². The van der Waals surface area contributed by atoms with Crippen LogP contribution in [-0.2, 0) is 9.59 Å². The molecule has 1 atom stereocenters. The van der Waals surface area contributed by atoms with Gasteiger partial charge in [0.15, 0.2) is 0 Å². The summed E-state index contributed by atoms with van der Waals surface area (Å²) in [7, 11) is 0. The number of benzene rings is 1. The van der Waals surface area contributed by atoms with Gasteiger partial charge in [0.1, 0.15) is 6.54 Å². The average Bonchev–Trinajstić information content (AvgIpc) is 2.52. The van der Waals surface area contributed by atoms with E-state index in [2.05, 4.69) is 5.32 Å². The molecular weight excluding hydrogens is 294 g/mol. The van der Waals surface area contributed by atoms with Gasteiger partial charge in [-0.25, -0.2) is 4.79 Å². The van der Waals surface area contributed by atoms with E-state index in [0.717, 1.165) is 16.0 Å². The third kappa shape index (κ3) is 3.88. The molecule has 1 unspecified atom stereocenters. The van der Waals surface area contributed by atoms with Gasteiger partial charge in [-0.05, 0) is 26.3 Å². The Morgan fingerprint density at radius 1 is 1.30 bits per heavy atom. The average molecular weight is 317 g/mol. The van der Waals surface area contributed by atoms with Gasteiger partial charge in [-0.15, -0.1) is 0 Å². The summed E-state index contributed by atoms with van der Waals surface area (Å²) in [5.74, 6) is -0.534. The van der Waals surface area contributed by atoms with Gasteiger partial charge in [-0.3, -0.25) is 14.5 Å². The summed E-state index contributed by atoms with van der Waals surface area (Å²) in [6, 6.07) is 6.86. The van der Waals surface area contributed by atoms with Crippen molar-refractivity contribution in [3.63, 3.8) is 0 Å². The Labute approximate surface area is 136 Å². The standard InChI is InChI=1S/C17H23N3O3/c1-4-19(5-2)16(22)11-20-15(21)10-14(18-17(20)23)13-8-6-7-12(3)9-13/h6-9,14H,4-5,10-11H2,1-3H3,(H,18,23). The number of carbonyl (C=O) groups excluding carboxylic acids is 3. The summed E-state index contributed by atoms with van der Waals surface area (Å²) in [5, 5.41) is 2.82. The molecule has 0 aromatic heterocycles. The fourth-order valence-electron chi connectivity index (χ4n) is 2.74. The lowest BCUT2D eigenvalue weighted by Gasteiger charge is -2.32. The zero-order chi connectivity index (χ0) is 17.0. The minimum Gasteiger partial charge on any atom is -0.342 e. The van der Waals surface area contributed by atoms with Crippen LogP contribution < -0.4 is 5.32 Å². The molecule has 1 aromatic rings. The molecule has 1 saturated heterocycles. The van der Waals surface area contributed by atoms with Crippen molar-refractivity contribution >= 4 is 17.8 Å². The Hall–Kier alpha value is -2.37. The van der Waals surface area contributed by atoms with Crippen LogP contribution in [0.3, 0.4) is 0 Å². The van der Waals surface area contributed by atoms with Gasteiger partial charge >= 0.3 is 6.03 Å². The third-order valence-corrected chi connectivity index (χ3v) is 4.08. The number of rotatable bonds is 5. The number of amides is 4. The summed E-state index contributed by atoms with van der Waals surface area (Å²) >= 11 is 0. The molecule has 6 nitrogen and oxygen atoms in total. The van der Waals surface area contributed by atoms with E-state index in [-0.39, 0.29) is 30.8 Å². The number of hydrogen-bond acceptors (Lipinski definition) is 3. The van der Waals surface area contributed by atoms with Crippen LogP contribution >= 0.6 is 0 Å². The minimum absolute atomic E-state index is 0.167. The maximum Gasteiger partial charge on any atom is 0.325 e. The molecule has 124 valence electrons. The van der Waals surface area contributed by atoms with Gasteiger partial charge in [0, 0.05) is 13.1 Å². The zero-order valence-corrected chi connectivity index (χ0v) is 13.8. The van der Waals surface area contributed by atoms with Gasteiger partial charge in [0.25, 0.3) is 0 Å². The number of likely N-dealkylation sites (N-methyl/N-ethyl adjacent to an activating group) is 1. The van der Waals surface area contributed by atoms with Gasteiger partial charge in [-0.1, -0.05) is 29.8 Å². The van der Waals surface area contributed by atoms with Crippen LogP contribution in [0.2, 0.25) is 0 Å². The van der Waals surface area contributed by atoms with Crippen LogP contribution in [0.4, 0.5) is 4.79 Å². The van der Waals surface area contributed by atoms with Crippen molar-refractivity contribution in [3.05, 3.63) is 35.4 Å². The first-order valence-electron chi connectivity index (χ1n) is 7.91. The van der Waals surface area contributed by atoms with Crippen LogP contribution in [0, 0.1) is 6.92 Å². The van der Waals surface area contributed by atoms with Crippen molar-refractivity contribution in [1.29, 1.82) is 0 Å². The summed E-state index contributed by atoms with van der Waals surface area (Å²) in [5.41, 5.74) is 1.98. The molecule has 0 spiro atoms. The molecule has 1 aromatic carbocycles. The Bertz CT molecular complexity index is 593. The fourth-order valence-corrected chi connectivity index (χ4v) is 2.74. The molecule has 1 N–H and O–H groups in total. The Morgan fingerprint density at radius 2 is 2.00 bits per heavy atom. The molecular formula is C17H23N3O3. The first-order chi connectivity index (χ1) is 11.0. The lowest BCUT2D eigenvalue weighted by atomic mass is 9.99. The number of nitrogens with one attached hydrogen (secondary N) is 1. The second kappa shape index (κ2) is 7.26. The lowest BCUT2D eigenvalue weighted by Crippen LogP contribution is -2.54.